The summed E-state index contributed by atoms with van der Waals surface area (Å²) in [4.78, 5) is 9.30. The number of nitrogen functional groups attached to an aromatic ring is 1. The minimum Gasteiger partial charge on any atom is -0.497 e. The van der Waals surface area contributed by atoms with Crippen LogP contribution in [0.1, 0.15) is 22.3 Å². The number of hydrogen-bond donors (Lipinski definition) is 2. The summed E-state index contributed by atoms with van der Waals surface area (Å²) in [5.74, 6) is 1.17. The number of ether oxygens (including phenoxy) is 2. The molecule has 0 bridgehead atoms. The molecule has 216 valence electrons. The number of nitrogens with one attached hydrogen (secondary N) is 1. The van der Waals surface area contributed by atoms with Crippen molar-refractivity contribution in [2.24, 2.45) is 0 Å². The molecule has 3 N–H and O–H groups in total. The zero-order chi connectivity index (χ0) is 29.9. The van der Waals surface area contributed by atoms with Gasteiger partial charge in [-0.15, -0.1) is 0 Å². The molecule has 6 rings (SSSR count). The van der Waals surface area contributed by atoms with Crippen molar-refractivity contribution in [2.45, 2.75) is 27.0 Å². The van der Waals surface area contributed by atoms with Crippen LogP contribution in [0.15, 0.2) is 97.3 Å². The third-order valence-corrected chi connectivity index (χ3v) is 7.51. The van der Waals surface area contributed by atoms with E-state index in [9.17, 15) is 0 Å². The number of halogens is 1. The highest BCUT2D eigenvalue weighted by atomic mass is 19.1. The zero-order valence-electron chi connectivity index (χ0n) is 24.3. The van der Waals surface area contributed by atoms with E-state index in [2.05, 4.69) is 15.3 Å². The summed E-state index contributed by atoms with van der Waals surface area (Å²) in [7, 11) is 1.65. The maximum absolute atomic E-state index is 15.7. The maximum atomic E-state index is 15.7. The second-order valence-corrected chi connectivity index (χ2v) is 10.4. The van der Waals surface area contributed by atoms with Gasteiger partial charge in [0.05, 0.1) is 24.0 Å². The molecule has 0 fully saturated rings. The lowest BCUT2D eigenvalue weighted by molar-refractivity contribution is 0.290. The van der Waals surface area contributed by atoms with Crippen molar-refractivity contribution in [1.29, 1.82) is 0 Å². The van der Waals surface area contributed by atoms with E-state index in [4.69, 9.17) is 15.2 Å². The molecule has 0 aliphatic heterocycles. The monoisotopic (exact) mass is 573 g/mol. The highest BCUT2D eigenvalue weighted by Crippen LogP contribution is 2.39. The van der Waals surface area contributed by atoms with E-state index < -0.39 is 5.82 Å². The Morgan fingerprint density at radius 2 is 1.63 bits per heavy atom. The van der Waals surface area contributed by atoms with Gasteiger partial charge in [-0.05, 0) is 66.4 Å². The standard InChI is InChI=1S/C35H32FN5O2/c1-22-17-31(43-20-25-7-5-4-6-8-25)29(36)18-30(22)41-33(26-11-13-27(37)14-12-26)23(2)32-34(41)35(40-21-39-32)38-19-24-9-15-28(42-3)16-10-24/h4-18,21H,19-20,37H2,1-3H3,(H,38,39,40). The second kappa shape index (κ2) is 11.9. The van der Waals surface area contributed by atoms with E-state index >= 15 is 4.39 Å². The van der Waals surface area contributed by atoms with Crippen molar-refractivity contribution in [3.8, 4) is 28.4 Å². The molecule has 0 amide bonds. The molecule has 4 aromatic carbocycles. The van der Waals surface area contributed by atoms with E-state index in [-0.39, 0.29) is 12.4 Å². The second-order valence-electron chi connectivity index (χ2n) is 10.4. The van der Waals surface area contributed by atoms with Crippen LogP contribution in [0.5, 0.6) is 11.5 Å². The first-order chi connectivity index (χ1) is 20.9. The number of nitrogens with zero attached hydrogens (tertiary/aromatic N) is 3. The molecule has 0 saturated carbocycles. The molecule has 7 nitrogen and oxygen atoms in total. The van der Waals surface area contributed by atoms with E-state index in [0.717, 1.165) is 50.3 Å². The Morgan fingerprint density at radius 1 is 0.884 bits per heavy atom. The third-order valence-electron chi connectivity index (χ3n) is 7.51. The SMILES string of the molecule is COc1ccc(CNc2ncnc3c(C)c(-c4ccc(N)cc4)n(-c4cc(F)c(OCc5ccccc5)cc4C)c23)cc1. The van der Waals surface area contributed by atoms with Crippen LogP contribution in [-0.4, -0.2) is 21.6 Å². The average molecular weight is 574 g/mol. The maximum Gasteiger partial charge on any atom is 0.167 e. The highest BCUT2D eigenvalue weighted by Gasteiger charge is 2.24. The van der Waals surface area contributed by atoms with Gasteiger partial charge in [0.25, 0.3) is 0 Å². The number of anilines is 2. The Balaban J connectivity index is 1.47. The van der Waals surface area contributed by atoms with Crippen molar-refractivity contribution < 1.29 is 13.9 Å². The number of hydrogen-bond acceptors (Lipinski definition) is 6. The Morgan fingerprint density at radius 3 is 2.35 bits per heavy atom. The van der Waals surface area contributed by atoms with Gasteiger partial charge >= 0.3 is 0 Å². The molecule has 2 aromatic heterocycles. The van der Waals surface area contributed by atoms with Crippen LogP contribution in [0, 0.1) is 19.7 Å². The minimum atomic E-state index is -0.455. The molecule has 0 aliphatic carbocycles. The predicted octanol–water partition coefficient (Wildman–Crippen LogP) is 7.63. The first-order valence-electron chi connectivity index (χ1n) is 14.0. The van der Waals surface area contributed by atoms with E-state index in [1.54, 1.807) is 19.5 Å². The lowest BCUT2D eigenvalue weighted by Crippen LogP contribution is -2.07. The van der Waals surface area contributed by atoms with Gasteiger partial charge in [-0.2, -0.15) is 0 Å². The van der Waals surface area contributed by atoms with Crippen LogP contribution in [-0.2, 0) is 13.2 Å². The summed E-state index contributed by atoms with van der Waals surface area (Å²) in [6.45, 7) is 4.77. The van der Waals surface area contributed by atoms with Gasteiger partial charge in [0.2, 0.25) is 0 Å². The first-order valence-corrected chi connectivity index (χ1v) is 14.0. The summed E-state index contributed by atoms with van der Waals surface area (Å²) >= 11 is 0. The third kappa shape index (κ3) is 5.59. The van der Waals surface area contributed by atoms with E-state index in [0.29, 0.717) is 23.7 Å². The number of rotatable bonds is 9. The Bertz CT molecular complexity index is 1890. The van der Waals surface area contributed by atoms with Crippen molar-refractivity contribution >= 4 is 22.5 Å². The summed E-state index contributed by atoms with van der Waals surface area (Å²) < 4.78 is 29.0. The van der Waals surface area contributed by atoms with Gasteiger partial charge in [-0.25, -0.2) is 14.4 Å². The van der Waals surface area contributed by atoms with Gasteiger partial charge in [0.1, 0.15) is 24.2 Å². The first kappa shape index (κ1) is 27.8. The van der Waals surface area contributed by atoms with Crippen LogP contribution in [0.25, 0.3) is 28.0 Å². The summed E-state index contributed by atoms with van der Waals surface area (Å²) in [6, 6.07) is 28.5. The molecule has 0 unspecified atom stereocenters. The molecule has 0 radical (unpaired) electrons. The summed E-state index contributed by atoms with van der Waals surface area (Å²) in [5, 5.41) is 3.49. The topological polar surface area (TPSA) is 87.2 Å². The molecule has 6 aromatic rings. The molecule has 43 heavy (non-hydrogen) atoms. The van der Waals surface area contributed by atoms with Crippen molar-refractivity contribution in [3.05, 3.63) is 125 Å². The summed E-state index contributed by atoms with van der Waals surface area (Å²) in [6.07, 6.45) is 1.55. The quantitative estimate of drug-likeness (QED) is 0.173. The van der Waals surface area contributed by atoms with Crippen LogP contribution < -0.4 is 20.5 Å². The molecular formula is C35H32FN5O2. The average Bonchev–Trinajstić information content (AvgIpc) is 3.33. The van der Waals surface area contributed by atoms with Crippen LogP contribution in [0.3, 0.4) is 0 Å². The fourth-order valence-electron chi connectivity index (χ4n) is 5.27. The number of aromatic nitrogens is 3. The van der Waals surface area contributed by atoms with E-state index in [1.165, 1.54) is 6.07 Å². The minimum absolute atomic E-state index is 0.196. The number of fused-ring (bicyclic) bond motifs is 1. The number of nitrogens with two attached hydrogens (primary N) is 1. The van der Waals surface area contributed by atoms with Gasteiger partial charge < -0.3 is 25.1 Å². The molecule has 0 spiro atoms. The van der Waals surface area contributed by atoms with Crippen LogP contribution in [0.2, 0.25) is 0 Å². The Kier molecular flexibility index (Phi) is 7.66. The van der Waals surface area contributed by atoms with Crippen molar-refractivity contribution in [2.75, 3.05) is 18.2 Å². The number of methoxy groups -OCH3 is 1. The highest BCUT2D eigenvalue weighted by molar-refractivity contribution is 5.97. The smallest absolute Gasteiger partial charge is 0.167 e. The molecule has 8 heteroatoms. The lowest BCUT2D eigenvalue weighted by atomic mass is 10.1. The molecule has 0 aliphatic rings. The zero-order valence-corrected chi connectivity index (χ0v) is 24.3. The fraction of sp³-hybridized carbons (Fsp3) is 0.143. The number of aryl methyl sites for hydroxylation is 2. The van der Waals surface area contributed by atoms with Crippen LogP contribution in [0.4, 0.5) is 15.9 Å². The molecular weight excluding hydrogens is 541 g/mol. The Labute approximate surface area is 249 Å². The van der Waals surface area contributed by atoms with Gasteiger partial charge in [-0.1, -0.05) is 54.6 Å². The summed E-state index contributed by atoms with van der Waals surface area (Å²) in [5.41, 5.74) is 14.5. The number of benzene rings is 4. The van der Waals surface area contributed by atoms with Gasteiger partial charge in [0, 0.05) is 23.9 Å². The molecule has 0 atom stereocenters. The fourth-order valence-corrected chi connectivity index (χ4v) is 5.27. The molecule has 0 saturated heterocycles. The molecule has 2 heterocycles. The largest absolute Gasteiger partial charge is 0.497 e. The lowest BCUT2D eigenvalue weighted by Gasteiger charge is -2.18. The van der Waals surface area contributed by atoms with Crippen molar-refractivity contribution in [3.63, 3.8) is 0 Å². The van der Waals surface area contributed by atoms with Crippen LogP contribution >= 0.6 is 0 Å². The van der Waals surface area contributed by atoms with Crippen molar-refractivity contribution in [1.82, 2.24) is 14.5 Å². The van der Waals surface area contributed by atoms with Gasteiger partial charge in [-0.3, -0.25) is 0 Å². The predicted molar refractivity (Wildman–Crippen MR) is 169 cm³/mol. The normalized spacial score (nSPS) is 11.1. The van der Waals surface area contributed by atoms with E-state index in [1.807, 2.05) is 97.3 Å². The van der Waals surface area contributed by atoms with Gasteiger partial charge in [0.15, 0.2) is 17.4 Å². The Hall–Kier alpha value is -5.37.